The minimum absolute atomic E-state index is 0.180. The summed E-state index contributed by atoms with van der Waals surface area (Å²) in [6.07, 6.45) is -5.18. The summed E-state index contributed by atoms with van der Waals surface area (Å²) in [4.78, 5) is 1.26. The third-order valence-corrected chi connectivity index (χ3v) is 2.96. The van der Waals surface area contributed by atoms with Crippen molar-refractivity contribution in [1.82, 2.24) is 0 Å². The fourth-order valence-electron chi connectivity index (χ4n) is 1.36. The van der Waals surface area contributed by atoms with Crippen LogP contribution in [0.2, 0.25) is 0 Å². The molecule has 0 unspecified atom stereocenters. The van der Waals surface area contributed by atoms with Crippen LogP contribution in [0.15, 0.2) is 18.2 Å². The second-order valence-corrected chi connectivity index (χ2v) is 4.27. The number of hydrogen-bond acceptors (Lipinski definition) is 1. The number of nitrogens with zero attached hydrogens (tertiary/aromatic N) is 1. The highest BCUT2D eigenvalue weighted by Crippen LogP contribution is 2.24. The van der Waals surface area contributed by atoms with Crippen molar-refractivity contribution in [2.24, 2.45) is 0 Å². The Kier molecular flexibility index (Phi) is 4.80. The maximum atomic E-state index is 13.6. The van der Waals surface area contributed by atoms with Crippen LogP contribution in [0.3, 0.4) is 0 Å². The summed E-state index contributed by atoms with van der Waals surface area (Å²) >= 11 is 3.18. The van der Waals surface area contributed by atoms with Gasteiger partial charge in [0, 0.05) is 18.9 Å². The molecule has 1 rings (SSSR count). The van der Waals surface area contributed by atoms with Crippen molar-refractivity contribution in [3.8, 4) is 0 Å². The van der Waals surface area contributed by atoms with Gasteiger partial charge in [-0.2, -0.15) is 13.2 Å². The highest BCUT2D eigenvalue weighted by atomic mass is 79.9. The van der Waals surface area contributed by atoms with Crippen molar-refractivity contribution in [3.63, 3.8) is 0 Å². The van der Waals surface area contributed by atoms with Gasteiger partial charge >= 0.3 is 6.18 Å². The molecular formula is C11H12BrF4N. The number of benzene rings is 1. The molecule has 0 radical (unpaired) electrons. The van der Waals surface area contributed by atoms with Crippen LogP contribution in [-0.4, -0.2) is 19.8 Å². The van der Waals surface area contributed by atoms with E-state index in [0.29, 0.717) is 5.33 Å². The maximum absolute atomic E-state index is 13.6. The van der Waals surface area contributed by atoms with E-state index in [4.69, 9.17) is 0 Å². The van der Waals surface area contributed by atoms with E-state index in [2.05, 4.69) is 15.9 Å². The average molecular weight is 314 g/mol. The van der Waals surface area contributed by atoms with E-state index < -0.39 is 18.4 Å². The van der Waals surface area contributed by atoms with E-state index in [0.717, 1.165) is 5.56 Å². The number of hydrogen-bond donors (Lipinski definition) is 0. The zero-order chi connectivity index (χ0) is 13.1. The Morgan fingerprint density at radius 1 is 1.29 bits per heavy atom. The van der Waals surface area contributed by atoms with Crippen LogP contribution in [0.1, 0.15) is 12.0 Å². The Morgan fingerprint density at radius 2 is 1.94 bits per heavy atom. The second kappa shape index (κ2) is 5.71. The monoisotopic (exact) mass is 313 g/mol. The lowest BCUT2D eigenvalue weighted by Crippen LogP contribution is -2.24. The molecule has 0 heterocycles. The van der Waals surface area contributed by atoms with Crippen LogP contribution >= 0.6 is 15.9 Å². The van der Waals surface area contributed by atoms with Crippen LogP contribution in [-0.2, 0) is 5.33 Å². The predicted octanol–water partition coefficient (Wildman–Crippen LogP) is 4.11. The Balaban J connectivity index is 2.72. The molecular weight excluding hydrogens is 302 g/mol. The smallest absolute Gasteiger partial charge is 0.372 e. The second-order valence-electron chi connectivity index (χ2n) is 3.71. The van der Waals surface area contributed by atoms with E-state index in [1.54, 1.807) is 6.07 Å². The SMILES string of the molecule is CN(CCC(F)(F)F)c1ccc(CBr)cc1F. The highest BCUT2D eigenvalue weighted by Gasteiger charge is 2.27. The van der Waals surface area contributed by atoms with Crippen molar-refractivity contribution >= 4 is 21.6 Å². The zero-order valence-corrected chi connectivity index (χ0v) is 10.8. The summed E-state index contributed by atoms with van der Waals surface area (Å²) in [5.41, 5.74) is 0.925. The van der Waals surface area contributed by atoms with Gasteiger partial charge in [0.25, 0.3) is 0 Å². The lowest BCUT2D eigenvalue weighted by Gasteiger charge is -2.21. The van der Waals surface area contributed by atoms with Gasteiger partial charge in [-0.05, 0) is 17.7 Å². The topological polar surface area (TPSA) is 3.24 Å². The lowest BCUT2D eigenvalue weighted by molar-refractivity contribution is -0.132. The summed E-state index contributed by atoms with van der Waals surface area (Å²) in [7, 11) is 1.44. The number of halogens is 5. The first-order valence-corrected chi connectivity index (χ1v) is 6.08. The molecule has 6 heteroatoms. The first-order valence-electron chi connectivity index (χ1n) is 4.96. The molecule has 17 heavy (non-hydrogen) atoms. The minimum atomic E-state index is -4.22. The van der Waals surface area contributed by atoms with Gasteiger partial charge in [0.05, 0.1) is 12.1 Å². The first-order chi connectivity index (χ1) is 7.83. The molecule has 0 aliphatic carbocycles. The Labute approximate surface area is 106 Å². The van der Waals surface area contributed by atoms with E-state index in [1.807, 2.05) is 0 Å². The average Bonchev–Trinajstić information content (AvgIpc) is 2.24. The van der Waals surface area contributed by atoms with Crippen molar-refractivity contribution in [3.05, 3.63) is 29.6 Å². The number of rotatable bonds is 4. The van der Waals surface area contributed by atoms with E-state index in [9.17, 15) is 17.6 Å². The van der Waals surface area contributed by atoms with Gasteiger partial charge < -0.3 is 4.90 Å². The molecule has 0 saturated heterocycles. The fraction of sp³-hybridized carbons (Fsp3) is 0.455. The van der Waals surface area contributed by atoms with Gasteiger partial charge in [-0.3, -0.25) is 0 Å². The standard InChI is InChI=1S/C11H12BrF4N/c1-17(5-4-11(14,15)16)10-3-2-8(7-12)6-9(10)13/h2-3,6H,4-5,7H2,1H3. The first kappa shape index (κ1) is 14.3. The van der Waals surface area contributed by atoms with Crippen LogP contribution in [0, 0.1) is 5.82 Å². The predicted molar refractivity (Wildman–Crippen MR) is 63.0 cm³/mol. The molecule has 1 nitrogen and oxygen atoms in total. The molecule has 1 aromatic rings. The quantitative estimate of drug-likeness (QED) is 0.597. The van der Waals surface area contributed by atoms with E-state index >= 15 is 0 Å². The summed E-state index contributed by atoms with van der Waals surface area (Å²) in [5.74, 6) is -0.508. The molecule has 0 bridgehead atoms. The van der Waals surface area contributed by atoms with E-state index in [1.165, 1.54) is 24.1 Å². The van der Waals surface area contributed by atoms with Crippen molar-refractivity contribution in [1.29, 1.82) is 0 Å². The molecule has 0 aromatic heterocycles. The third-order valence-electron chi connectivity index (χ3n) is 2.31. The van der Waals surface area contributed by atoms with Gasteiger partial charge in [-0.15, -0.1) is 0 Å². The van der Waals surface area contributed by atoms with Crippen LogP contribution in [0.5, 0.6) is 0 Å². The minimum Gasteiger partial charge on any atom is -0.372 e. The number of anilines is 1. The maximum Gasteiger partial charge on any atom is 0.390 e. The largest absolute Gasteiger partial charge is 0.390 e. The van der Waals surface area contributed by atoms with Crippen molar-refractivity contribution in [2.75, 3.05) is 18.5 Å². The van der Waals surface area contributed by atoms with Gasteiger partial charge in [0.15, 0.2) is 0 Å². The van der Waals surface area contributed by atoms with Gasteiger partial charge in [0.1, 0.15) is 5.82 Å². The Hall–Kier alpha value is -0.780. The molecule has 0 aliphatic rings. The van der Waals surface area contributed by atoms with Crippen molar-refractivity contribution in [2.45, 2.75) is 17.9 Å². The molecule has 0 atom stereocenters. The van der Waals surface area contributed by atoms with E-state index in [-0.39, 0.29) is 12.2 Å². The molecule has 0 N–H and O–H groups in total. The molecule has 0 saturated carbocycles. The fourth-order valence-corrected chi connectivity index (χ4v) is 1.71. The molecule has 96 valence electrons. The van der Waals surface area contributed by atoms with Gasteiger partial charge in [-0.25, -0.2) is 4.39 Å². The normalized spacial score (nSPS) is 11.6. The van der Waals surface area contributed by atoms with Gasteiger partial charge in [-0.1, -0.05) is 22.0 Å². The molecule has 0 aliphatic heterocycles. The summed E-state index contributed by atoms with van der Waals surface area (Å²) < 4.78 is 49.6. The van der Waals surface area contributed by atoms with Crippen molar-refractivity contribution < 1.29 is 17.6 Å². The third kappa shape index (κ3) is 4.53. The van der Waals surface area contributed by atoms with Crippen LogP contribution < -0.4 is 4.90 Å². The van der Waals surface area contributed by atoms with Gasteiger partial charge in [0.2, 0.25) is 0 Å². The highest BCUT2D eigenvalue weighted by molar-refractivity contribution is 9.08. The molecule has 0 amide bonds. The lowest BCUT2D eigenvalue weighted by atomic mass is 10.2. The Bertz CT molecular complexity index is 378. The summed E-state index contributed by atoms with van der Waals surface area (Å²) in [5, 5.41) is 0.510. The molecule has 1 aromatic carbocycles. The number of alkyl halides is 4. The summed E-state index contributed by atoms with van der Waals surface area (Å²) in [6, 6.07) is 4.48. The molecule has 0 spiro atoms. The molecule has 0 fully saturated rings. The Morgan fingerprint density at radius 3 is 2.41 bits per heavy atom. The van der Waals surface area contributed by atoms with Crippen LogP contribution in [0.4, 0.5) is 23.2 Å². The zero-order valence-electron chi connectivity index (χ0n) is 9.19. The van der Waals surface area contributed by atoms with Crippen LogP contribution in [0.25, 0.3) is 0 Å². The summed E-state index contributed by atoms with van der Waals surface area (Å²) in [6.45, 7) is -0.256.